The van der Waals surface area contributed by atoms with Gasteiger partial charge in [0.1, 0.15) is 0 Å². The fourth-order valence-corrected chi connectivity index (χ4v) is 1.12. The van der Waals surface area contributed by atoms with Crippen LogP contribution in [0.2, 0.25) is 0 Å². The van der Waals surface area contributed by atoms with Gasteiger partial charge in [-0.15, -0.1) is 0 Å². The molecule has 0 saturated carbocycles. The highest BCUT2D eigenvalue weighted by Crippen LogP contribution is 2.02. The Balaban J connectivity index is 2.29. The highest BCUT2D eigenvalue weighted by atomic mass is 16.5. The lowest BCUT2D eigenvalue weighted by molar-refractivity contribution is 0.0695. The zero-order valence-electron chi connectivity index (χ0n) is 9.18. The van der Waals surface area contributed by atoms with Gasteiger partial charge in [0.05, 0.1) is 17.9 Å². The Morgan fingerprint density at radius 3 is 2.81 bits per heavy atom. The van der Waals surface area contributed by atoms with E-state index in [1.165, 1.54) is 12.3 Å². The van der Waals surface area contributed by atoms with Gasteiger partial charge in [-0.2, -0.15) is 0 Å². The molecule has 0 radical (unpaired) electrons. The Hall–Kier alpha value is -1.46. The van der Waals surface area contributed by atoms with Crippen LogP contribution >= 0.6 is 0 Å². The van der Waals surface area contributed by atoms with Gasteiger partial charge in [-0.25, -0.2) is 4.79 Å². The van der Waals surface area contributed by atoms with E-state index in [1.54, 1.807) is 13.2 Å². The lowest BCUT2D eigenvalue weighted by Crippen LogP contribution is -2.02. The molecular weight excluding hydrogens is 210 g/mol. The van der Waals surface area contributed by atoms with Gasteiger partial charge in [0.15, 0.2) is 0 Å². The van der Waals surface area contributed by atoms with E-state index in [-0.39, 0.29) is 5.56 Å². The monoisotopic (exact) mass is 225 g/mol. The van der Waals surface area contributed by atoms with Crippen molar-refractivity contribution in [3.63, 3.8) is 0 Å². The third-order valence-corrected chi connectivity index (χ3v) is 1.96. The first-order valence-corrected chi connectivity index (χ1v) is 4.99. The zero-order valence-corrected chi connectivity index (χ0v) is 9.18. The van der Waals surface area contributed by atoms with E-state index in [1.807, 2.05) is 0 Å². The molecule has 0 atom stereocenters. The number of aromatic nitrogens is 1. The van der Waals surface area contributed by atoms with Crippen LogP contribution in [0.1, 0.15) is 22.5 Å². The number of carboxylic acids is 1. The van der Waals surface area contributed by atoms with Crippen LogP contribution in [0.3, 0.4) is 0 Å². The topological polar surface area (TPSA) is 68.7 Å². The number of ether oxygens (including phenoxy) is 2. The van der Waals surface area contributed by atoms with E-state index in [0.717, 1.165) is 12.1 Å². The minimum Gasteiger partial charge on any atom is -0.478 e. The molecule has 0 spiro atoms. The van der Waals surface area contributed by atoms with E-state index < -0.39 is 5.97 Å². The van der Waals surface area contributed by atoms with E-state index in [9.17, 15) is 4.79 Å². The summed E-state index contributed by atoms with van der Waals surface area (Å²) in [5.41, 5.74) is 0.908. The number of carbonyl (C=O) groups is 1. The summed E-state index contributed by atoms with van der Waals surface area (Å²) in [4.78, 5) is 14.5. The summed E-state index contributed by atoms with van der Waals surface area (Å²) >= 11 is 0. The van der Waals surface area contributed by atoms with Gasteiger partial charge in [0, 0.05) is 26.5 Å². The fourth-order valence-electron chi connectivity index (χ4n) is 1.12. The van der Waals surface area contributed by atoms with Gasteiger partial charge >= 0.3 is 5.97 Å². The number of carboxylic acid groups (broad SMARTS) is 1. The molecule has 0 saturated heterocycles. The lowest BCUT2D eigenvalue weighted by Gasteiger charge is -2.03. The Morgan fingerprint density at radius 1 is 1.44 bits per heavy atom. The molecule has 0 aliphatic rings. The van der Waals surface area contributed by atoms with Crippen LogP contribution in [0.5, 0.6) is 0 Å². The van der Waals surface area contributed by atoms with Crippen LogP contribution < -0.4 is 0 Å². The molecule has 16 heavy (non-hydrogen) atoms. The molecule has 0 aliphatic heterocycles. The summed E-state index contributed by atoms with van der Waals surface area (Å²) in [7, 11) is 1.65. The first-order chi connectivity index (χ1) is 7.74. The van der Waals surface area contributed by atoms with Crippen molar-refractivity contribution in [3.8, 4) is 0 Å². The third kappa shape index (κ3) is 4.37. The number of methoxy groups -OCH3 is 1. The van der Waals surface area contributed by atoms with Crippen molar-refractivity contribution in [2.45, 2.75) is 13.0 Å². The van der Waals surface area contributed by atoms with Crippen molar-refractivity contribution >= 4 is 5.97 Å². The molecule has 0 amide bonds. The maximum Gasteiger partial charge on any atom is 0.337 e. The van der Waals surface area contributed by atoms with Gasteiger partial charge in [-0.3, -0.25) is 4.98 Å². The quantitative estimate of drug-likeness (QED) is 0.709. The number of aromatic carboxylic acids is 1. The average Bonchev–Trinajstić information content (AvgIpc) is 2.29. The molecule has 1 rings (SSSR count). The number of hydrogen-bond acceptors (Lipinski definition) is 4. The van der Waals surface area contributed by atoms with E-state index >= 15 is 0 Å². The Bertz CT molecular complexity index is 323. The molecule has 1 aromatic heterocycles. The van der Waals surface area contributed by atoms with Crippen molar-refractivity contribution in [1.82, 2.24) is 4.98 Å². The van der Waals surface area contributed by atoms with Gasteiger partial charge in [-0.05, 0) is 18.6 Å². The smallest absolute Gasteiger partial charge is 0.337 e. The second kappa shape index (κ2) is 6.92. The molecule has 1 N–H and O–H groups in total. The molecule has 0 unspecified atom stereocenters. The van der Waals surface area contributed by atoms with Crippen LogP contribution in [-0.2, 0) is 16.1 Å². The predicted molar refractivity (Wildman–Crippen MR) is 57.3 cm³/mol. The first-order valence-electron chi connectivity index (χ1n) is 4.99. The summed E-state index contributed by atoms with van der Waals surface area (Å²) in [6, 6.07) is 3.17. The SMILES string of the molecule is COCCCOCc1ccc(C(=O)O)cn1. The molecule has 88 valence electrons. The van der Waals surface area contributed by atoms with Crippen molar-refractivity contribution < 1.29 is 19.4 Å². The minimum absolute atomic E-state index is 0.183. The van der Waals surface area contributed by atoms with Crippen molar-refractivity contribution in [1.29, 1.82) is 0 Å². The Labute approximate surface area is 94.0 Å². The van der Waals surface area contributed by atoms with Crippen LogP contribution in [-0.4, -0.2) is 36.4 Å². The van der Waals surface area contributed by atoms with Crippen molar-refractivity contribution in [3.05, 3.63) is 29.6 Å². The van der Waals surface area contributed by atoms with Crippen LogP contribution in [0, 0.1) is 0 Å². The predicted octanol–water partition coefficient (Wildman–Crippen LogP) is 1.33. The number of rotatable bonds is 7. The lowest BCUT2D eigenvalue weighted by atomic mass is 10.2. The zero-order chi connectivity index (χ0) is 11.8. The second-order valence-corrected chi connectivity index (χ2v) is 3.24. The summed E-state index contributed by atoms with van der Waals surface area (Å²) in [6.45, 7) is 1.67. The standard InChI is InChI=1S/C11H15NO4/c1-15-5-2-6-16-8-10-4-3-9(7-12-10)11(13)14/h3-4,7H,2,5-6,8H2,1H3,(H,13,14). The molecule has 0 fully saturated rings. The maximum absolute atomic E-state index is 10.6. The largest absolute Gasteiger partial charge is 0.478 e. The molecule has 5 heteroatoms. The normalized spacial score (nSPS) is 10.3. The van der Waals surface area contributed by atoms with Gasteiger partial charge in [0.25, 0.3) is 0 Å². The Kier molecular flexibility index (Phi) is 5.45. The second-order valence-electron chi connectivity index (χ2n) is 3.24. The van der Waals surface area contributed by atoms with Crippen molar-refractivity contribution in [2.24, 2.45) is 0 Å². The molecule has 0 aliphatic carbocycles. The number of nitrogens with zero attached hydrogens (tertiary/aromatic N) is 1. The van der Waals surface area contributed by atoms with Gasteiger partial charge < -0.3 is 14.6 Å². The van der Waals surface area contributed by atoms with E-state index in [0.29, 0.717) is 19.8 Å². The maximum atomic E-state index is 10.6. The summed E-state index contributed by atoms with van der Waals surface area (Å²) < 4.78 is 10.2. The number of pyridine rings is 1. The third-order valence-electron chi connectivity index (χ3n) is 1.96. The van der Waals surface area contributed by atoms with Crippen LogP contribution in [0.4, 0.5) is 0 Å². The molecule has 5 nitrogen and oxygen atoms in total. The molecule has 0 bridgehead atoms. The van der Waals surface area contributed by atoms with Crippen LogP contribution in [0.15, 0.2) is 18.3 Å². The van der Waals surface area contributed by atoms with Crippen LogP contribution in [0.25, 0.3) is 0 Å². The van der Waals surface area contributed by atoms with Gasteiger partial charge in [-0.1, -0.05) is 0 Å². The van der Waals surface area contributed by atoms with Crippen molar-refractivity contribution in [2.75, 3.05) is 20.3 Å². The highest BCUT2D eigenvalue weighted by Gasteiger charge is 2.02. The van der Waals surface area contributed by atoms with E-state index in [2.05, 4.69) is 4.98 Å². The average molecular weight is 225 g/mol. The van der Waals surface area contributed by atoms with Gasteiger partial charge in [0.2, 0.25) is 0 Å². The fraction of sp³-hybridized carbons (Fsp3) is 0.455. The summed E-state index contributed by atoms with van der Waals surface area (Å²) in [5, 5.41) is 8.66. The molecule has 1 aromatic rings. The molecular formula is C11H15NO4. The summed E-state index contributed by atoms with van der Waals surface area (Å²) in [5.74, 6) is -0.972. The molecule has 1 heterocycles. The minimum atomic E-state index is -0.972. The number of hydrogen-bond donors (Lipinski definition) is 1. The summed E-state index contributed by atoms with van der Waals surface area (Å²) in [6.07, 6.45) is 2.17. The molecule has 0 aromatic carbocycles. The Morgan fingerprint density at radius 2 is 2.25 bits per heavy atom. The highest BCUT2D eigenvalue weighted by molar-refractivity contribution is 5.87. The van der Waals surface area contributed by atoms with E-state index in [4.69, 9.17) is 14.6 Å². The first kappa shape index (κ1) is 12.6.